The van der Waals surface area contributed by atoms with Gasteiger partial charge >= 0.3 is 0 Å². The first kappa shape index (κ1) is 19.5. The maximum atomic E-state index is 13.0. The van der Waals surface area contributed by atoms with E-state index in [0.717, 1.165) is 17.1 Å². The van der Waals surface area contributed by atoms with E-state index in [1.165, 1.54) is 12.3 Å². The molecule has 0 bridgehead atoms. The molecule has 138 valence electrons. The highest BCUT2D eigenvalue weighted by Crippen LogP contribution is 2.22. The zero-order valence-electron chi connectivity index (χ0n) is 14.5. The van der Waals surface area contributed by atoms with Crippen LogP contribution < -0.4 is 5.32 Å². The standard InChI is InChI=1S/C17H25N3O4S/c1-2-3-4-10-17(22)20(14-8-7-11-18-13-15(14)21)25(23,24)16-9-5-6-12-19-16/h5-6,9,12,14,18H,2-4,7-8,10-11,13H2,1H3/t14-/m0/s1. The lowest BCUT2D eigenvalue weighted by atomic mass is 10.1. The van der Waals surface area contributed by atoms with Gasteiger partial charge in [-0.2, -0.15) is 8.42 Å². The number of carbonyl (C=O) groups excluding carboxylic acids is 2. The normalized spacial score (nSPS) is 18.6. The number of carbonyl (C=O) groups is 2. The van der Waals surface area contributed by atoms with Crippen LogP contribution in [-0.2, 0) is 19.6 Å². The number of nitrogens with one attached hydrogen (secondary N) is 1. The maximum Gasteiger partial charge on any atom is 0.284 e. The van der Waals surface area contributed by atoms with Crippen molar-refractivity contribution < 1.29 is 18.0 Å². The van der Waals surface area contributed by atoms with Gasteiger partial charge in [0.05, 0.1) is 6.54 Å². The predicted molar refractivity (Wildman–Crippen MR) is 93.3 cm³/mol. The average molecular weight is 367 g/mol. The molecule has 1 aliphatic rings. The van der Waals surface area contributed by atoms with Crippen LogP contribution in [0.15, 0.2) is 29.4 Å². The Morgan fingerprint density at radius 2 is 2.16 bits per heavy atom. The molecule has 1 aromatic rings. The molecule has 7 nitrogen and oxygen atoms in total. The summed E-state index contributed by atoms with van der Waals surface area (Å²) in [4.78, 5) is 29.1. The van der Waals surface area contributed by atoms with Crippen LogP contribution >= 0.6 is 0 Å². The first-order chi connectivity index (χ1) is 12.0. The van der Waals surface area contributed by atoms with Crippen molar-refractivity contribution in [2.45, 2.75) is 56.5 Å². The Kier molecular flexibility index (Phi) is 7.07. The Morgan fingerprint density at radius 3 is 2.84 bits per heavy atom. The number of hydrogen-bond donors (Lipinski definition) is 1. The SMILES string of the molecule is CCCCCC(=O)N([C@H]1CCCNCC1=O)S(=O)(=O)c1ccccn1. The first-order valence-electron chi connectivity index (χ1n) is 8.70. The van der Waals surface area contributed by atoms with Crippen LogP contribution in [0.1, 0.15) is 45.4 Å². The van der Waals surface area contributed by atoms with E-state index >= 15 is 0 Å². The summed E-state index contributed by atoms with van der Waals surface area (Å²) >= 11 is 0. The summed E-state index contributed by atoms with van der Waals surface area (Å²) in [7, 11) is -4.16. The summed E-state index contributed by atoms with van der Waals surface area (Å²) in [5.41, 5.74) is 0. The van der Waals surface area contributed by atoms with Gasteiger partial charge in [-0.15, -0.1) is 0 Å². The van der Waals surface area contributed by atoms with Crippen molar-refractivity contribution in [3.8, 4) is 0 Å². The van der Waals surface area contributed by atoms with E-state index < -0.39 is 22.0 Å². The number of unbranched alkanes of at least 4 members (excludes halogenated alkanes) is 2. The Morgan fingerprint density at radius 1 is 1.36 bits per heavy atom. The Bertz CT molecular complexity index is 691. The number of pyridine rings is 1. The highest BCUT2D eigenvalue weighted by atomic mass is 32.2. The molecule has 25 heavy (non-hydrogen) atoms. The van der Waals surface area contributed by atoms with Crippen LogP contribution in [0.3, 0.4) is 0 Å². The van der Waals surface area contributed by atoms with Gasteiger partial charge in [-0.3, -0.25) is 9.59 Å². The third-order valence-electron chi connectivity index (χ3n) is 4.19. The molecule has 0 aliphatic carbocycles. The minimum absolute atomic E-state index is 0.0706. The van der Waals surface area contributed by atoms with Crippen LogP contribution in [0.4, 0.5) is 0 Å². The van der Waals surface area contributed by atoms with Gasteiger partial charge < -0.3 is 5.32 Å². The summed E-state index contributed by atoms with van der Waals surface area (Å²) in [5, 5.41) is 2.76. The molecule has 1 fully saturated rings. The maximum absolute atomic E-state index is 13.0. The number of hydrogen-bond acceptors (Lipinski definition) is 6. The minimum atomic E-state index is -4.16. The fourth-order valence-electron chi connectivity index (χ4n) is 2.87. The molecule has 0 spiro atoms. The molecular formula is C17H25N3O4S. The lowest BCUT2D eigenvalue weighted by molar-refractivity contribution is -0.133. The number of Topliss-reactive ketones (excluding diaryl/α,β-unsaturated/α-hetero) is 1. The van der Waals surface area contributed by atoms with Crippen molar-refractivity contribution >= 4 is 21.7 Å². The van der Waals surface area contributed by atoms with Crippen molar-refractivity contribution in [3.05, 3.63) is 24.4 Å². The average Bonchev–Trinajstić information content (AvgIpc) is 2.81. The highest BCUT2D eigenvalue weighted by molar-refractivity contribution is 7.89. The molecule has 1 amide bonds. The smallest absolute Gasteiger partial charge is 0.284 e. The molecular weight excluding hydrogens is 342 g/mol. The number of aromatic nitrogens is 1. The van der Waals surface area contributed by atoms with Crippen LogP contribution in [0, 0.1) is 0 Å². The molecule has 8 heteroatoms. The molecule has 0 aromatic carbocycles. The van der Waals surface area contributed by atoms with E-state index in [4.69, 9.17) is 0 Å². The van der Waals surface area contributed by atoms with Gasteiger partial charge in [-0.1, -0.05) is 25.8 Å². The Balaban J connectivity index is 2.37. The zero-order chi connectivity index (χ0) is 18.3. The van der Waals surface area contributed by atoms with Gasteiger partial charge in [0.1, 0.15) is 6.04 Å². The van der Waals surface area contributed by atoms with E-state index in [1.807, 2.05) is 6.92 Å². The van der Waals surface area contributed by atoms with Crippen molar-refractivity contribution in [2.75, 3.05) is 13.1 Å². The van der Waals surface area contributed by atoms with Crippen LogP contribution in [-0.4, -0.2) is 48.5 Å². The van der Waals surface area contributed by atoms with Crippen molar-refractivity contribution in [1.29, 1.82) is 0 Å². The third kappa shape index (κ3) is 4.85. The second kappa shape index (κ2) is 9.05. The molecule has 1 atom stereocenters. The molecule has 0 radical (unpaired) electrons. The molecule has 1 aromatic heterocycles. The molecule has 0 saturated carbocycles. The number of amides is 1. The number of rotatable bonds is 7. The monoisotopic (exact) mass is 367 g/mol. The number of nitrogens with zero attached hydrogens (tertiary/aromatic N) is 2. The number of sulfonamides is 1. The van der Waals surface area contributed by atoms with Gasteiger partial charge in [0, 0.05) is 12.6 Å². The van der Waals surface area contributed by atoms with Gasteiger partial charge in [-0.25, -0.2) is 9.29 Å². The summed E-state index contributed by atoms with van der Waals surface area (Å²) in [5.74, 6) is -0.805. The number of ketones is 1. The van der Waals surface area contributed by atoms with Crippen LogP contribution in [0.5, 0.6) is 0 Å². The van der Waals surface area contributed by atoms with Gasteiger partial charge in [0.15, 0.2) is 10.8 Å². The van der Waals surface area contributed by atoms with E-state index in [2.05, 4.69) is 10.3 Å². The summed E-state index contributed by atoms with van der Waals surface area (Å²) in [6.07, 6.45) is 4.79. The van der Waals surface area contributed by atoms with Crippen molar-refractivity contribution in [3.63, 3.8) is 0 Å². The zero-order valence-corrected chi connectivity index (χ0v) is 15.3. The van der Waals surface area contributed by atoms with E-state index in [1.54, 1.807) is 12.1 Å². The van der Waals surface area contributed by atoms with E-state index in [-0.39, 0.29) is 23.8 Å². The molecule has 2 heterocycles. The lowest BCUT2D eigenvalue weighted by Crippen LogP contribution is -2.49. The van der Waals surface area contributed by atoms with Gasteiger partial charge in [0.25, 0.3) is 10.0 Å². The fraction of sp³-hybridized carbons (Fsp3) is 0.588. The molecule has 1 aliphatic heterocycles. The topological polar surface area (TPSA) is 96.4 Å². The van der Waals surface area contributed by atoms with E-state index in [9.17, 15) is 18.0 Å². The second-order valence-electron chi connectivity index (χ2n) is 6.12. The minimum Gasteiger partial charge on any atom is -0.310 e. The highest BCUT2D eigenvalue weighted by Gasteiger charge is 2.39. The predicted octanol–water partition coefficient (Wildman–Crippen LogP) is 1.50. The van der Waals surface area contributed by atoms with Gasteiger partial charge in [-0.05, 0) is 37.9 Å². The Hall–Kier alpha value is -1.80. The quantitative estimate of drug-likeness (QED) is 0.734. The Labute approximate surface area is 148 Å². The summed E-state index contributed by atoms with van der Waals surface area (Å²) in [6.45, 7) is 2.71. The second-order valence-corrected chi connectivity index (χ2v) is 7.88. The van der Waals surface area contributed by atoms with Crippen LogP contribution in [0.2, 0.25) is 0 Å². The van der Waals surface area contributed by atoms with Crippen LogP contribution in [0.25, 0.3) is 0 Å². The first-order valence-corrected chi connectivity index (χ1v) is 10.1. The largest absolute Gasteiger partial charge is 0.310 e. The summed E-state index contributed by atoms with van der Waals surface area (Å²) < 4.78 is 26.9. The molecule has 1 N–H and O–H groups in total. The van der Waals surface area contributed by atoms with Gasteiger partial charge in [0.2, 0.25) is 5.91 Å². The lowest BCUT2D eigenvalue weighted by Gasteiger charge is -2.29. The van der Waals surface area contributed by atoms with E-state index in [0.29, 0.717) is 25.8 Å². The molecule has 0 unspecified atom stereocenters. The fourth-order valence-corrected chi connectivity index (χ4v) is 4.43. The van der Waals surface area contributed by atoms with Crippen molar-refractivity contribution in [2.24, 2.45) is 0 Å². The van der Waals surface area contributed by atoms with Crippen molar-refractivity contribution in [1.82, 2.24) is 14.6 Å². The third-order valence-corrected chi connectivity index (χ3v) is 5.93. The molecule has 2 rings (SSSR count). The summed E-state index contributed by atoms with van der Waals surface area (Å²) in [6, 6.07) is 3.54. The molecule has 1 saturated heterocycles.